The van der Waals surface area contributed by atoms with Crippen LogP contribution in [0.3, 0.4) is 0 Å². The third-order valence-corrected chi connectivity index (χ3v) is 5.63. The highest BCUT2D eigenvalue weighted by molar-refractivity contribution is 8.00. The number of thioether (sulfide) groups is 1. The van der Waals surface area contributed by atoms with E-state index in [1.165, 1.54) is 18.2 Å². The summed E-state index contributed by atoms with van der Waals surface area (Å²) in [5, 5.41) is 14.0. The summed E-state index contributed by atoms with van der Waals surface area (Å²) in [6, 6.07) is 0.265. The lowest BCUT2D eigenvalue weighted by atomic mass is 9.96. The first-order valence-electron chi connectivity index (χ1n) is 8.74. The number of carbonyl (C=O) groups excluding carboxylic acids is 2. The van der Waals surface area contributed by atoms with Crippen LogP contribution in [0.1, 0.15) is 63.7 Å². The summed E-state index contributed by atoms with van der Waals surface area (Å²) in [4.78, 5) is 24.2. The van der Waals surface area contributed by atoms with Crippen molar-refractivity contribution in [3.05, 3.63) is 5.82 Å². The van der Waals surface area contributed by atoms with E-state index in [2.05, 4.69) is 25.4 Å². The quantitative estimate of drug-likeness (QED) is 0.796. The first kappa shape index (κ1) is 17.3. The second-order valence-electron chi connectivity index (χ2n) is 6.69. The minimum absolute atomic E-state index is 0.190. The molecule has 0 unspecified atom stereocenters. The minimum Gasteiger partial charge on any atom is -0.335 e. The number of hydrogen-bond acceptors (Lipinski definition) is 5. The normalized spacial score (nSPS) is 19.8. The molecule has 2 aliphatic carbocycles. The monoisotopic (exact) mass is 351 g/mol. The molecule has 24 heavy (non-hydrogen) atoms. The highest BCUT2D eigenvalue weighted by Gasteiger charge is 2.30. The van der Waals surface area contributed by atoms with Crippen molar-refractivity contribution in [1.82, 2.24) is 25.4 Å². The molecule has 0 spiro atoms. The molecule has 2 N–H and O–H groups in total. The zero-order chi connectivity index (χ0) is 17.1. The van der Waals surface area contributed by atoms with Crippen LogP contribution >= 0.6 is 11.8 Å². The number of nitrogens with one attached hydrogen (secondary N) is 2. The molecular weight excluding hydrogens is 326 g/mol. The third kappa shape index (κ3) is 4.28. The van der Waals surface area contributed by atoms with E-state index >= 15 is 0 Å². The first-order valence-corrected chi connectivity index (χ1v) is 9.62. The van der Waals surface area contributed by atoms with Crippen LogP contribution in [0.5, 0.6) is 0 Å². The molecule has 2 aliphatic rings. The fourth-order valence-corrected chi connectivity index (χ4v) is 4.04. The molecule has 0 aromatic carbocycles. The second-order valence-corrected chi connectivity index (χ2v) is 8.00. The number of urea groups is 1. The molecule has 1 heterocycles. The fourth-order valence-electron chi connectivity index (χ4n) is 3.08. The van der Waals surface area contributed by atoms with Crippen molar-refractivity contribution in [2.75, 3.05) is 0 Å². The van der Waals surface area contributed by atoms with Crippen molar-refractivity contribution in [3.63, 3.8) is 0 Å². The summed E-state index contributed by atoms with van der Waals surface area (Å²) < 4.78 is 2.09. The van der Waals surface area contributed by atoms with E-state index in [0.29, 0.717) is 6.04 Å². The van der Waals surface area contributed by atoms with Gasteiger partial charge in [0.05, 0.1) is 5.25 Å². The van der Waals surface area contributed by atoms with Gasteiger partial charge in [0.2, 0.25) is 5.91 Å². The lowest BCUT2D eigenvalue weighted by molar-refractivity contribution is -0.119. The highest BCUT2D eigenvalue weighted by Crippen LogP contribution is 2.39. The van der Waals surface area contributed by atoms with Gasteiger partial charge in [-0.25, -0.2) is 4.79 Å². The van der Waals surface area contributed by atoms with Gasteiger partial charge in [0.1, 0.15) is 5.82 Å². The van der Waals surface area contributed by atoms with Gasteiger partial charge in [0, 0.05) is 12.1 Å². The van der Waals surface area contributed by atoms with Crippen molar-refractivity contribution < 1.29 is 9.59 Å². The fraction of sp³-hybridized carbons (Fsp3) is 0.750. The predicted molar refractivity (Wildman–Crippen MR) is 91.9 cm³/mol. The van der Waals surface area contributed by atoms with Gasteiger partial charge in [-0.05, 0) is 39.5 Å². The van der Waals surface area contributed by atoms with Crippen LogP contribution in [0.4, 0.5) is 4.79 Å². The Hall–Kier alpha value is -1.57. The molecule has 0 aliphatic heterocycles. The zero-order valence-electron chi connectivity index (χ0n) is 14.2. The SMILES string of the molecule is Cc1nnc(S[C@@H](C)C(=O)NC(=O)NC2CCCCC2)n1C1CC1. The molecule has 1 aromatic rings. The molecule has 132 valence electrons. The van der Waals surface area contributed by atoms with Gasteiger partial charge in [0.25, 0.3) is 0 Å². The third-order valence-electron chi connectivity index (χ3n) is 4.58. The Morgan fingerprint density at radius 1 is 1.17 bits per heavy atom. The Morgan fingerprint density at radius 3 is 2.54 bits per heavy atom. The lowest BCUT2D eigenvalue weighted by Crippen LogP contribution is -2.47. The largest absolute Gasteiger partial charge is 0.335 e. The Labute approximate surface area is 146 Å². The lowest BCUT2D eigenvalue weighted by Gasteiger charge is -2.23. The molecule has 1 atom stereocenters. The number of hydrogen-bond donors (Lipinski definition) is 2. The van der Waals surface area contributed by atoms with Crippen molar-refractivity contribution >= 4 is 23.7 Å². The molecule has 2 saturated carbocycles. The number of nitrogens with zero attached hydrogens (tertiary/aromatic N) is 3. The van der Waals surface area contributed by atoms with E-state index in [9.17, 15) is 9.59 Å². The minimum atomic E-state index is -0.400. The molecule has 1 aromatic heterocycles. The van der Waals surface area contributed by atoms with Crippen molar-refractivity contribution in [1.29, 1.82) is 0 Å². The predicted octanol–water partition coefficient (Wildman–Crippen LogP) is 2.56. The maximum atomic E-state index is 12.3. The summed E-state index contributed by atoms with van der Waals surface area (Å²) in [5.74, 6) is 0.582. The van der Waals surface area contributed by atoms with Gasteiger partial charge in [-0.2, -0.15) is 0 Å². The zero-order valence-corrected chi connectivity index (χ0v) is 15.1. The van der Waals surface area contributed by atoms with Crippen molar-refractivity contribution in [2.24, 2.45) is 0 Å². The van der Waals surface area contributed by atoms with Gasteiger partial charge in [-0.1, -0.05) is 31.0 Å². The standard InChI is InChI=1S/C16H25N5O2S/c1-10(24-16-20-19-11(2)21(16)13-8-9-13)14(22)18-15(23)17-12-6-4-3-5-7-12/h10,12-13H,3-9H2,1-2H3,(H2,17,18,22,23)/t10-/m0/s1. The van der Waals surface area contributed by atoms with Gasteiger partial charge < -0.3 is 9.88 Å². The van der Waals surface area contributed by atoms with E-state index in [4.69, 9.17) is 0 Å². The van der Waals surface area contributed by atoms with Crippen molar-refractivity contribution in [2.45, 2.75) is 81.3 Å². The molecule has 3 amide bonds. The number of rotatable bonds is 5. The summed E-state index contributed by atoms with van der Waals surface area (Å²) in [7, 11) is 0. The van der Waals surface area contributed by atoms with Crippen molar-refractivity contribution in [3.8, 4) is 0 Å². The summed E-state index contributed by atoms with van der Waals surface area (Å²) in [6.07, 6.45) is 7.77. The van der Waals surface area contributed by atoms with E-state index in [-0.39, 0.29) is 18.0 Å². The molecule has 0 saturated heterocycles. The smallest absolute Gasteiger partial charge is 0.321 e. The van der Waals surface area contributed by atoms with Crippen LogP contribution in [-0.2, 0) is 4.79 Å². The Balaban J connectivity index is 1.50. The molecule has 0 radical (unpaired) electrons. The molecule has 2 fully saturated rings. The molecular formula is C16H25N5O2S. The number of aromatic nitrogens is 3. The van der Waals surface area contributed by atoms with Gasteiger partial charge in [-0.15, -0.1) is 10.2 Å². The van der Waals surface area contributed by atoms with Gasteiger partial charge in [0.15, 0.2) is 5.16 Å². The first-order chi connectivity index (χ1) is 11.5. The molecule has 8 heteroatoms. The number of aryl methyl sites for hydroxylation is 1. The Morgan fingerprint density at radius 2 is 1.88 bits per heavy atom. The maximum Gasteiger partial charge on any atom is 0.321 e. The van der Waals surface area contributed by atoms with Crippen LogP contribution in [0.25, 0.3) is 0 Å². The number of imide groups is 1. The average Bonchev–Trinajstić information content (AvgIpc) is 3.32. The van der Waals surface area contributed by atoms with E-state index < -0.39 is 5.25 Å². The van der Waals surface area contributed by atoms with Crippen LogP contribution in [0, 0.1) is 6.92 Å². The Bertz CT molecular complexity index is 608. The Kier molecular flexibility index (Phi) is 5.43. The van der Waals surface area contributed by atoms with Gasteiger partial charge in [-0.3, -0.25) is 10.1 Å². The molecule has 7 nitrogen and oxygen atoms in total. The number of amides is 3. The van der Waals surface area contributed by atoms with Gasteiger partial charge >= 0.3 is 6.03 Å². The second kappa shape index (κ2) is 7.55. The van der Waals surface area contributed by atoms with Crippen LogP contribution in [0.15, 0.2) is 5.16 Å². The molecule has 3 rings (SSSR count). The van der Waals surface area contributed by atoms with Crippen LogP contribution < -0.4 is 10.6 Å². The van der Waals surface area contributed by atoms with E-state index in [1.807, 2.05) is 6.92 Å². The van der Waals surface area contributed by atoms with E-state index in [0.717, 1.165) is 49.5 Å². The van der Waals surface area contributed by atoms with Crippen LogP contribution in [-0.4, -0.2) is 38.0 Å². The van der Waals surface area contributed by atoms with Crippen LogP contribution in [0.2, 0.25) is 0 Å². The maximum absolute atomic E-state index is 12.3. The van der Waals surface area contributed by atoms with E-state index in [1.54, 1.807) is 6.92 Å². The summed E-state index contributed by atoms with van der Waals surface area (Å²) >= 11 is 1.35. The average molecular weight is 351 g/mol. The molecule has 0 bridgehead atoms. The topological polar surface area (TPSA) is 88.9 Å². The number of carbonyl (C=O) groups is 2. The highest BCUT2D eigenvalue weighted by atomic mass is 32.2. The summed E-state index contributed by atoms with van der Waals surface area (Å²) in [6.45, 7) is 3.72. The summed E-state index contributed by atoms with van der Waals surface area (Å²) in [5.41, 5.74) is 0.